The summed E-state index contributed by atoms with van der Waals surface area (Å²) < 4.78 is 38.9. The Labute approximate surface area is 177 Å². The number of hydrazine groups is 1. The molecule has 0 atom stereocenters. The second-order valence-corrected chi connectivity index (χ2v) is 7.25. The molecule has 12 heteroatoms. The Morgan fingerprint density at radius 2 is 1.90 bits per heavy atom. The zero-order valence-corrected chi connectivity index (χ0v) is 17.5. The fourth-order valence-corrected chi connectivity index (χ4v) is 2.25. The highest BCUT2D eigenvalue weighted by Crippen LogP contribution is 2.31. The fourth-order valence-electron chi connectivity index (χ4n) is 1.97. The molecule has 1 rings (SSSR count). The van der Waals surface area contributed by atoms with Crippen LogP contribution in [-0.2, 0) is 15.8 Å². The molecule has 0 saturated carbocycles. The number of benzene rings is 1. The molecular weight excluding hydrogens is 423 g/mol. The number of carbonyl (C=O) groups excluding carboxylic acids is 2. The topological polar surface area (TPSA) is 120 Å². The summed E-state index contributed by atoms with van der Waals surface area (Å²) in [5.74, 6) is -1.74. The Morgan fingerprint density at radius 3 is 2.43 bits per heavy atom. The van der Waals surface area contributed by atoms with Gasteiger partial charge >= 0.3 is 6.18 Å². The van der Waals surface area contributed by atoms with Crippen molar-refractivity contribution in [3.8, 4) is 0 Å². The van der Waals surface area contributed by atoms with Crippen LogP contribution < -0.4 is 16.6 Å². The van der Waals surface area contributed by atoms with Gasteiger partial charge in [0.05, 0.1) is 5.56 Å². The molecule has 0 aliphatic heterocycles. The van der Waals surface area contributed by atoms with Crippen molar-refractivity contribution >= 4 is 30.3 Å². The number of alkyl halides is 3. The molecule has 0 fully saturated rings. The van der Waals surface area contributed by atoms with Gasteiger partial charge in [0.1, 0.15) is 5.60 Å². The van der Waals surface area contributed by atoms with E-state index in [1.54, 1.807) is 0 Å². The number of halogens is 3. The van der Waals surface area contributed by atoms with Gasteiger partial charge in [-0.05, 0) is 38.5 Å². The number of hydrogen-bond acceptors (Lipinski definition) is 6. The number of aliphatic hydroxyl groups is 1. The van der Waals surface area contributed by atoms with E-state index in [0.29, 0.717) is 13.0 Å². The first-order valence-corrected chi connectivity index (χ1v) is 9.22. The Balaban J connectivity index is 2.96. The van der Waals surface area contributed by atoms with Crippen molar-refractivity contribution in [3.05, 3.63) is 41.6 Å². The van der Waals surface area contributed by atoms with Crippen LogP contribution in [-0.4, -0.2) is 39.9 Å². The number of amides is 2. The molecular formula is C18H24F3N5O3S. The molecule has 0 spiro atoms. The zero-order chi connectivity index (χ0) is 23.1. The van der Waals surface area contributed by atoms with Crippen LogP contribution in [0.25, 0.3) is 0 Å². The van der Waals surface area contributed by atoms with E-state index in [1.807, 2.05) is 12.3 Å². The third-order valence-electron chi connectivity index (χ3n) is 3.48. The summed E-state index contributed by atoms with van der Waals surface area (Å²) in [5, 5.41) is 14.8. The summed E-state index contributed by atoms with van der Waals surface area (Å²) in [6.07, 6.45) is -1.69. The predicted molar refractivity (Wildman–Crippen MR) is 108 cm³/mol. The average Bonchev–Trinajstić information content (AvgIpc) is 2.62. The minimum atomic E-state index is -4.57. The van der Waals surface area contributed by atoms with Gasteiger partial charge in [-0.25, -0.2) is 0 Å². The number of nitrogens with one attached hydrogen (secondary N) is 2. The molecule has 0 aliphatic rings. The summed E-state index contributed by atoms with van der Waals surface area (Å²) >= 11 is 3.97. The van der Waals surface area contributed by atoms with E-state index in [9.17, 15) is 27.9 Å². The highest BCUT2D eigenvalue weighted by Gasteiger charge is 2.31. The Hall–Kier alpha value is -2.73. The number of rotatable bonds is 7. The standard InChI is InChI=1S/C18H24F3N5O3S/c1-4-6-26(7-5-14(27)23-24-16(28)17(2,3)29)25-15(22)11-8-12(18(19,20)21)10-13(30)9-11/h5,7-10,29-30H,4,6H2,1-3H3,(H2,22,25)(H,23,27)(H,24,28)/b7-5-. The van der Waals surface area contributed by atoms with Crippen LogP contribution >= 0.6 is 12.6 Å². The number of hydrazone groups is 1. The van der Waals surface area contributed by atoms with Crippen molar-refractivity contribution in [1.29, 1.82) is 0 Å². The van der Waals surface area contributed by atoms with E-state index in [2.05, 4.69) is 23.2 Å². The maximum Gasteiger partial charge on any atom is 0.416 e. The predicted octanol–water partition coefficient (Wildman–Crippen LogP) is 1.76. The smallest absolute Gasteiger partial charge is 0.382 e. The molecule has 2 amide bonds. The SMILES string of the molecule is CCCN(/C=C\C(=O)NNC(=O)C(C)(C)O)/N=C(\N)c1cc(S)cc(C(F)(F)F)c1. The van der Waals surface area contributed by atoms with E-state index in [-0.39, 0.29) is 16.3 Å². The highest BCUT2D eigenvalue weighted by atomic mass is 32.1. The molecule has 0 heterocycles. The van der Waals surface area contributed by atoms with Crippen LogP contribution in [0.3, 0.4) is 0 Å². The fraction of sp³-hybridized carbons (Fsp3) is 0.389. The summed E-state index contributed by atoms with van der Waals surface area (Å²) in [5.41, 5.74) is 7.39. The molecule has 5 N–H and O–H groups in total. The third-order valence-corrected chi connectivity index (χ3v) is 3.74. The second kappa shape index (κ2) is 10.3. The van der Waals surface area contributed by atoms with Gasteiger partial charge in [-0.1, -0.05) is 6.92 Å². The summed E-state index contributed by atoms with van der Waals surface area (Å²) in [6, 6.07) is 3.06. The molecule has 0 radical (unpaired) electrons. The van der Waals surface area contributed by atoms with Crippen molar-refractivity contribution in [1.82, 2.24) is 15.9 Å². The summed E-state index contributed by atoms with van der Waals surface area (Å²) in [4.78, 5) is 23.4. The molecule has 166 valence electrons. The zero-order valence-electron chi connectivity index (χ0n) is 16.6. The van der Waals surface area contributed by atoms with E-state index < -0.39 is 29.2 Å². The lowest BCUT2D eigenvalue weighted by atomic mass is 10.1. The van der Waals surface area contributed by atoms with Gasteiger partial charge in [-0.15, -0.1) is 12.6 Å². The maximum atomic E-state index is 13.0. The largest absolute Gasteiger partial charge is 0.416 e. The maximum absolute atomic E-state index is 13.0. The van der Waals surface area contributed by atoms with Crippen LogP contribution in [0.1, 0.15) is 38.3 Å². The van der Waals surface area contributed by atoms with Crippen LogP contribution in [0.4, 0.5) is 13.2 Å². The number of nitrogens with zero attached hydrogens (tertiary/aromatic N) is 2. The molecule has 0 bridgehead atoms. The molecule has 0 aromatic heterocycles. The van der Waals surface area contributed by atoms with Crippen LogP contribution in [0.5, 0.6) is 0 Å². The molecule has 0 aliphatic carbocycles. The number of nitrogens with two attached hydrogens (primary N) is 1. The van der Waals surface area contributed by atoms with Crippen molar-refractivity contribution < 1.29 is 27.9 Å². The molecule has 1 aromatic carbocycles. The van der Waals surface area contributed by atoms with Gasteiger partial charge in [0.25, 0.3) is 11.8 Å². The van der Waals surface area contributed by atoms with Crippen LogP contribution in [0.2, 0.25) is 0 Å². The van der Waals surface area contributed by atoms with E-state index >= 15 is 0 Å². The molecule has 1 aromatic rings. The van der Waals surface area contributed by atoms with Crippen LogP contribution in [0.15, 0.2) is 40.5 Å². The highest BCUT2D eigenvalue weighted by molar-refractivity contribution is 7.80. The molecule has 0 unspecified atom stereocenters. The number of carbonyl (C=O) groups is 2. The number of hydrogen-bond donors (Lipinski definition) is 5. The number of thiol groups is 1. The first-order valence-electron chi connectivity index (χ1n) is 8.77. The van der Waals surface area contributed by atoms with Crippen molar-refractivity contribution in [2.45, 2.75) is 43.9 Å². The van der Waals surface area contributed by atoms with Crippen molar-refractivity contribution in [2.24, 2.45) is 10.8 Å². The van der Waals surface area contributed by atoms with Crippen molar-refractivity contribution in [2.75, 3.05) is 6.54 Å². The van der Waals surface area contributed by atoms with E-state index in [1.165, 1.54) is 31.1 Å². The van der Waals surface area contributed by atoms with Crippen LogP contribution in [0, 0.1) is 0 Å². The monoisotopic (exact) mass is 447 g/mol. The lowest BCUT2D eigenvalue weighted by Crippen LogP contribution is -2.50. The summed E-state index contributed by atoms with van der Waals surface area (Å²) in [6.45, 7) is 4.63. The first-order chi connectivity index (χ1) is 13.7. The first kappa shape index (κ1) is 25.3. The normalized spacial score (nSPS) is 12.7. The lowest BCUT2D eigenvalue weighted by molar-refractivity contribution is -0.139. The quantitative estimate of drug-likeness (QED) is 0.143. The Kier molecular flexibility index (Phi) is 8.73. The van der Waals surface area contributed by atoms with Crippen molar-refractivity contribution in [3.63, 3.8) is 0 Å². The van der Waals surface area contributed by atoms with Gasteiger partial charge in [0, 0.05) is 29.3 Å². The lowest BCUT2D eigenvalue weighted by Gasteiger charge is -2.17. The minimum Gasteiger partial charge on any atom is -0.382 e. The summed E-state index contributed by atoms with van der Waals surface area (Å²) in [7, 11) is 0. The van der Waals surface area contributed by atoms with Gasteiger partial charge in [-0.2, -0.15) is 18.3 Å². The second-order valence-electron chi connectivity index (χ2n) is 6.73. The molecule has 0 saturated heterocycles. The average molecular weight is 447 g/mol. The van der Waals surface area contributed by atoms with Gasteiger partial charge in [0.15, 0.2) is 5.84 Å². The molecule has 8 nitrogen and oxygen atoms in total. The van der Waals surface area contributed by atoms with E-state index in [0.717, 1.165) is 18.2 Å². The third kappa shape index (κ3) is 8.33. The molecule has 30 heavy (non-hydrogen) atoms. The van der Waals surface area contributed by atoms with Gasteiger partial charge in [0.2, 0.25) is 0 Å². The minimum absolute atomic E-state index is 0.0196. The number of amidine groups is 1. The van der Waals surface area contributed by atoms with E-state index in [4.69, 9.17) is 5.73 Å². The Bertz CT molecular complexity index is 835. The van der Waals surface area contributed by atoms with Gasteiger partial charge in [-0.3, -0.25) is 25.4 Å². The Morgan fingerprint density at radius 1 is 1.27 bits per heavy atom. The van der Waals surface area contributed by atoms with Gasteiger partial charge < -0.3 is 10.8 Å².